The number of fused-ring (bicyclic) bond motifs is 3. The van der Waals surface area contributed by atoms with E-state index in [1.165, 1.54) is 18.2 Å². The maximum atomic E-state index is 13.3. The SMILES string of the molecule is CC(O)(c1ccc(-c2nc([C@@H]3CC[C@@H]4N(C3)C(=O)CC43CC3)n3ccnc(N)c23)cc1)c1cccc(C(F)F)c1. The molecule has 3 atom stereocenters. The van der Waals surface area contributed by atoms with Gasteiger partial charge in [-0.25, -0.2) is 18.7 Å². The van der Waals surface area contributed by atoms with Gasteiger partial charge in [0.2, 0.25) is 5.91 Å². The Morgan fingerprint density at radius 2 is 1.90 bits per heavy atom. The van der Waals surface area contributed by atoms with Crippen molar-refractivity contribution in [3.63, 3.8) is 0 Å². The molecule has 40 heavy (non-hydrogen) atoms. The van der Waals surface area contributed by atoms with Crippen LogP contribution in [0.5, 0.6) is 0 Å². The van der Waals surface area contributed by atoms with Gasteiger partial charge in [-0.05, 0) is 55.2 Å². The van der Waals surface area contributed by atoms with Gasteiger partial charge in [0.05, 0.1) is 0 Å². The van der Waals surface area contributed by atoms with Crippen LogP contribution in [0.1, 0.15) is 73.9 Å². The van der Waals surface area contributed by atoms with Crippen molar-refractivity contribution in [3.8, 4) is 11.3 Å². The van der Waals surface area contributed by atoms with Gasteiger partial charge in [0.1, 0.15) is 28.5 Å². The number of anilines is 1. The van der Waals surface area contributed by atoms with Crippen molar-refractivity contribution in [2.45, 2.75) is 63.0 Å². The molecular weight excluding hydrogens is 512 g/mol. The summed E-state index contributed by atoms with van der Waals surface area (Å²) in [6.45, 7) is 2.26. The van der Waals surface area contributed by atoms with Crippen LogP contribution >= 0.6 is 0 Å². The molecule has 3 fully saturated rings. The first-order valence-electron chi connectivity index (χ1n) is 13.8. The molecule has 3 aliphatic rings. The Morgan fingerprint density at radius 1 is 1.12 bits per heavy atom. The smallest absolute Gasteiger partial charge is 0.263 e. The number of halogens is 2. The molecule has 1 amide bonds. The molecule has 2 aromatic heterocycles. The number of hydrogen-bond acceptors (Lipinski definition) is 5. The molecule has 2 saturated heterocycles. The number of aromatic nitrogens is 3. The number of aliphatic hydroxyl groups is 1. The molecule has 2 aliphatic heterocycles. The minimum Gasteiger partial charge on any atom is -0.382 e. The van der Waals surface area contributed by atoms with Gasteiger partial charge in [-0.2, -0.15) is 0 Å². The Bertz CT molecular complexity index is 1630. The summed E-state index contributed by atoms with van der Waals surface area (Å²) in [6, 6.07) is 13.5. The van der Waals surface area contributed by atoms with E-state index in [-0.39, 0.29) is 22.8 Å². The number of hydrogen-bond donors (Lipinski definition) is 2. The van der Waals surface area contributed by atoms with Crippen LogP contribution in [0.3, 0.4) is 0 Å². The van der Waals surface area contributed by atoms with Gasteiger partial charge in [0.15, 0.2) is 0 Å². The molecular formula is C31H31F2N5O2. The molecule has 4 heterocycles. The van der Waals surface area contributed by atoms with Crippen molar-refractivity contribution >= 4 is 17.2 Å². The van der Waals surface area contributed by atoms with E-state index < -0.39 is 12.0 Å². The largest absolute Gasteiger partial charge is 0.382 e. The van der Waals surface area contributed by atoms with E-state index in [4.69, 9.17) is 10.7 Å². The topological polar surface area (TPSA) is 96.8 Å². The second-order valence-electron chi connectivity index (χ2n) is 11.8. The molecule has 7 nitrogen and oxygen atoms in total. The monoisotopic (exact) mass is 543 g/mol. The quantitative estimate of drug-likeness (QED) is 0.350. The van der Waals surface area contributed by atoms with Crippen LogP contribution in [-0.2, 0) is 10.4 Å². The Hall–Kier alpha value is -3.85. The van der Waals surface area contributed by atoms with E-state index >= 15 is 0 Å². The second-order valence-corrected chi connectivity index (χ2v) is 11.8. The van der Waals surface area contributed by atoms with E-state index in [1.807, 2.05) is 22.7 Å². The summed E-state index contributed by atoms with van der Waals surface area (Å²) in [5, 5.41) is 11.3. The van der Waals surface area contributed by atoms with Gasteiger partial charge in [0, 0.05) is 48.4 Å². The first-order valence-corrected chi connectivity index (χ1v) is 13.8. The summed E-state index contributed by atoms with van der Waals surface area (Å²) in [5.74, 6) is 1.57. The molecule has 2 aromatic carbocycles. The minimum absolute atomic E-state index is 0.0827. The van der Waals surface area contributed by atoms with Crippen LogP contribution in [0.2, 0.25) is 0 Å². The molecule has 206 valence electrons. The second kappa shape index (κ2) is 8.83. The number of imidazole rings is 1. The molecule has 7 rings (SSSR count). The Morgan fingerprint density at radius 3 is 2.62 bits per heavy atom. The summed E-state index contributed by atoms with van der Waals surface area (Å²) < 4.78 is 28.5. The highest BCUT2D eigenvalue weighted by atomic mass is 19.3. The lowest BCUT2D eigenvalue weighted by Gasteiger charge is -2.37. The van der Waals surface area contributed by atoms with Crippen LogP contribution in [-0.4, -0.2) is 42.9 Å². The van der Waals surface area contributed by atoms with Crippen molar-refractivity contribution in [2.24, 2.45) is 5.41 Å². The lowest BCUT2D eigenvalue weighted by Crippen LogP contribution is -2.43. The fourth-order valence-corrected chi connectivity index (χ4v) is 6.96. The van der Waals surface area contributed by atoms with Gasteiger partial charge >= 0.3 is 0 Å². The highest BCUT2D eigenvalue weighted by Crippen LogP contribution is 2.60. The molecule has 9 heteroatoms. The molecule has 3 N–H and O–H groups in total. The molecule has 0 bridgehead atoms. The molecule has 1 aliphatic carbocycles. The summed E-state index contributed by atoms with van der Waals surface area (Å²) >= 11 is 0. The number of nitrogens with zero attached hydrogens (tertiary/aromatic N) is 4. The highest BCUT2D eigenvalue weighted by molar-refractivity contribution is 5.85. The van der Waals surface area contributed by atoms with Crippen LogP contribution < -0.4 is 5.73 Å². The Balaban J connectivity index is 1.23. The third-order valence-corrected chi connectivity index (χ3v) is 9.40. The van der Waals surface area contributed by atoms with Crippen molar-refractivity contribution in [2.75, 3.05) is 12.3 Å². The molecule has 1 spiro atoms. The minimum atomic E-state index is -2.62. The average molecular weight is 544 g/mol. The van der Waals surface area contributed by atoms with Gasteiger partial charge in [-0.1, -0.05) is 42.5 Å². The predicted octanol–water partition coefficient (Wildman–Crippen LogP) is 5.43. The normalized spacial score (nSPS) is 23.1. The standard InChI is InChI=1S/C31H31F2N5O2/c1-30(40,22-4-2-3-19(15-22)27(32)33)21-8-5-18(6-9-21)25-26-28(34)35-13-14-37(26)29(36-25)20-7-10-23-31(11-12-31)16-24(39)38(23)17-20/h2-6,8-9,13-15,20,23,27,40H,7,10-12,16-17H2,1H3,(H2,34,35)/t20-,23+,30?/m1/s1. The zero-order chi connectivity index (χ0) is 27.8. The van der Waals surface area contributed by atoms with E-state index in [2.05, 4.69) is 9.88 Å². The first-order chi connectivity index (χ1) is 19.2. The molecule has 1 saturated carbocycles. The van der Waals surface area contributed by atoms with E-state index in [1.54, 1.807) is 31.3 Å². The maximum Gasteiger partial charge on any atom is 0.263 e. The number of carbonyl (C=O) groups is 1. The lowest BCUT2D eigenvalue weighted by molar-refractivity contribution is -0.130. The van der Waals surface area contributed by atoms with E-state index in [9.17, 15) is 18.7 Å². The fraction of sp³-hybridized carbons (Fsp3) is 0.387. The first kappa shape index (κ1) is 25.1. The third-order valence-electron chi connectivity index (χ3n) is 9.40. The summed E-state index contributed by atoms with van der Waals surface area (Å²) in [4.78, 5) is 24.3. The number of carbonyl (C=O) groups excluding carboxylic acids is 1. The number of benzene rings is 2. The van der Waals surface area contributed by atoms with E-state index in [0.717, 1.165) is 37.1 Å². The van der Waals surface area contributed by atoms with Crippen LogP contribution in [0.4, 0.5) is 14.6 Å². The van der Waals surface area contributed by atoms with E-state index in [0.29, 0.717) is 47.2 Å². The van der Waals surface area contributed by atoms with Crippen molar-refractivity contribution in [3.05, 3.63) is 83.4 Å². The molecule has 0 radical (unpaired) electrons. The average Bonchev–Trinajstić information content (AvgIpc) is 3.54. The lowest BCUT2D eigenvalue weighted by atomic mass is 9.86. The molecule has 4 aromatic rings. The zero-order valence-corrected chi connectivity index (χ0v) is 22.2. The van der Waals surface area contributed by atoms with Crippen molar-refractivity contribution in [1.82, 2.24) is 19.3 Å². The molecule has 1 unspecified atom stereocenters. The number of rotatable bonds is 5. The Labute approximate surface area is 230 Å². The summed E-state index contributed by atoms with van der Waals surface area (Å²) in [7, 11) is 0. The number of nitrogen functional groups attached to an aromatic ring is 1. The van der Waals surface area contributed by atoms with Crippen molar-refractivity contribution < 1.29 is 18.7 Å². The van der Waals surface area contributed by atoms with Crippen LogP contribution in [0.15, 0.2) is 60.9 Å². The van der Waals surface area contributed by atoms with Gasteiger partial charge in [-0.15, -0.1) is 0 Å². The number of nitrogens with two attached hydrogens (primary N) is 1. The van der Waals surface area contributed by atoms with Gasteiger partial charge < -0.3 is 15.7 Å². The number of alkyl halides is 2. The zero-order valence-electron chi connectivity index (χ0n) is 22.2. The van der Waals surface area contributed by atoms with Gasteiger partial charge in [0.25, 0.3) is 6.43 Å². The fourth-order valence-electron chi connectivity index (χ4n) is 6.96. The summed E-state index contributed by atoms with van der Waals surface area (Å²) in [5.41, 5.74) is 8.13. The van der Waals surface area contributed by atoms with Crippen LogP contribution in [0, 0.1) is 5.41 Å². The van der Waals surface area contributed by atoms with Gasteiger partial charge in [-0.3, -0.25) is 9.20 Å². The summed E-state index contributed by atoms with van der Waals surface area (Å²) in [6.07, 6.45) is 5.84. The third kappa shape index (κ3) is 3.82. The maximum absolute atomic E-state index is 13.3. The Kier molecular flexibility index (Phi) is 5.55. The van der Waals surface area contributed by atoms with Crippen molar-refractivity contribution in [1.29, 1.82) is 0 Å². The van der Waals surface area contributed by atoms with Crippen LogP contribution in [0.25, 0.3) is 16.8 Å². The highest BCUT2D eigenvalue weighted by Gasteiger charge is 2.60. The number of piperidine rings is 1. The number of amides is 1. The predicted molar refractivity (Wildman–Crippen MR) is 147 cm³/mol.